The van der Waals surface area contributed by atoms with Gasteiger partial charge in [-0.2, -0.15) is 15.6 Å². The van der Waals surface area contributed by atoms with Crippen LogP contribution in [-0.2, 0) is 24.7 Å². The van der Waals surface area contributed by atoms with E-state index < -0.39 is 42.3 Å². The van der Waals surface area contributed by atoms with Crippen molar-refractivity contribution >= 4 is 144 Å². The zero-order valence-electron chi connectivity index (χ0n) is 14.7. The van der Waals surface area contributed by atoms with Gasteiger partial charge in [-0.15, -0.1) is 0 Å². The summed E-state index contributed by atoms with van der Waals surface area (Å²) in [6, 6.07) is 2.75. The van der Waals surface area contributed by atoms with Gasteiger partial charge in [-0.3, -0.25) is 14.1 Å². The summed E-state index contributed by atoms with van der Waals surface area (Å²) in [5.74, 6) is 0. The topological polar surface area (TPSA) is 321 Å². The number of hydrogen-bond acceptors (Lipinski definition) is 12. The maximum Gasteiger partial charge on any atom is 2.00 e. The SMILES string of the molecule is O=P(O)(O)C(O)(Cc1cccnc1)P(=O)(O)O.O=P([O-])([O-])[O-].O=P([O-])([O-])[O-].[Ca+2].[Ca+2].[Ca+2]. The molecule has 0 aliphatic heterocycles. The second-order valence-electron chi connectivity index (χ2n) is 4.29. The third kappa shape index (κ3) is 24.5. The Balaban J connectivity index is -0.000000136. The van der Waals surface area contributed by atoms with Crippen LogP contribution in [0.5, 0.6) is 0 Å². The van der Waals surface area contributed by atoms with Crippen LogP contribution in [-0.4, -0.2) is 148 Å². The van der Waals surface area contributed by atoms with Crippen LogP contribution in [0.1, 0.15) is 5.56 Å². The van der Waals surface area contributed by atoms with Crippen molar-refractivity contribution in [3.05, 3.63) is 30.1 Å². The first-order valence-electron chi connectivity index (χ1n) is 5.76. The first-order chi connectivity index (χ1) is 11.6. The Morgan fingerprint density at radius 2 is 1.10 bits per heavy atom. The molecule has 1 heterocycles. The van der Waals surface area contributed by atoms with E-state index in [4.69, 9.17) is 58.1 Å². The standard InChI is InChI=1S/C7H11NO7P2.3Ca.2H3O4P/c9-7(16(10,11)12,17(13,14)15)4-6-2-1-3-8-5-6;;;;2*1-5(2,3)4/h1-3,5,9H,4H2,(H2,10,11,12)(H2,13,14,15);;;;2*(H3,1,2,3,4)/q;3*+2;;/p-6. The van der Waals surface area contributed by atoms with E-state index in [0.717, 1.165) is 6.20 Å². The van der Waals surface area contributed by atoms with Gasteiger partial charge in [0.15, 0.2) is 0 Å². The monoisotopic (exact) mass is 593 g/mol. The van der Waals surface area contributed by atoms with Gasteiger partial charge in [0.05, 0.1) is 0 Å². The van der Waals surface area contributed by atoms with Gasteiger partial charge in [-0.25, -0.2) is 0 Å². The minimum Gasteiger partial charge on any atom is -0.822 e. The fraction of sp³-hybridized carbons (Fsp3) is 0.286. The number of aromatic nitrogens is 1. The van der Waals surface area contributed by atoms with Crippen LogP contribution in [0.2, 0.25) is 0 Å². The minimum absolute atomic E-state index is 0. The van der Waals surface area contributed by atoms with Crippen LogP contribution < -0.4 is 29.4 Å². The molecule has 23 heteroatoms. The van der Waals surface area contributed by atoms with E-state index in [2.05, 4.69) is 4.98 Å². The van der Waals surface area contributed by atoms with Crippen molar-refractivity contribution in [2.45, 2.75) is 11.5 Å². The molecular formula is C7H11Ca3NO15P4. The van der Waals surface area contributed by atoms with Crippen molar-refractivity contribution in [3.63, 3.8) is 0 Å². The Morgan fingerprint density at radius 1 is 0.800 bits per heavy atom. The third-order valence-corrected chi connectivity index (χ3v) is 5.84. The molecule has 1 aromatic rings. The minimum atomic E-state index is -5.41. The van der Waals surface area contributed by atoms with Crippen LogP contribution in [0.4, 0.5) is 0 Å². The average Bonchev–Trinajstić information content (AvgIpc) is 2.33. The molecule has 0 aliphatic rings. The summed E-state index contributed by atoms with van der Waals surface area (Å²) >= 11 is 0. The van der Waals surface area contributed by atoms with Gasteiger partial charge in [-0.1, -0.05) is 6.07 Å². The molecule has 1 rings (SSSR count). The summed E-state index contributed by atoms with van der Waals surface area (Å²) < 4.78 is 39.2. The molecule has 0 spiro atoms. The number of rotatable bonds is 4. The number of phosphoric acid groups is 2. The van der Waals surface area contributed by atoms with Gasteiger partial charge in [0, 0.05) is 18.8 Å². The van der Waals surface area contributed by atoms with E-state index in [0.29, 0.717) is 0 Å². The van der Waals surface area contributed by atoms with Crippen molar-refractivity contribution in [2.24, 2.45) is 0 Å². The summed E-state index contributed by atoms with van der Waals surface area (Å²) in [5.41, 5.74) is 0.0988. The van der Waals surface area contributed by atoms with E-state index in [1.165, 1.54) is 18.3 Å². The summed E-state index contributed by atoms with van der Waals surface area (Å²) in [7, 11) is -21.6. The summed E-state index contributed by atoms with van der Waals surface area (Å²) in [6.45, 7) is 0. The van der Waals surface area contributed by atoms with Crippen LogP contribution in [0.15, 0.2) is 24.5 Å². The molecule has 1 aromatic heterocycles. The van der Waals surface area contributed by atoms with Crippen LogP contribution in [0.25, 0.3) is 0 Å². The smallest absolute Gasteiger partial charge is 0.822 e. The molecule has 0 aliphatic carbocycles. The fourth-order valence-corrected chi connectivity index (χ4v) is 3.29. The predicted octanol–water partition coefficient (Wildman–Crippen LogP) is -7.17. The zero-order valence-corrected chi connectivity index (χ0v) is 24.9. The van der Waals surface area contributed by atoms with E-state index in [9.17, 15) is 14.2 Å². The van der Waals surface area contributed by atoms with E-state index in [1.54, 1.807) is 0 Å². The number of hydrogen-bond donors (Lipinski definition) is 5. The Kier molecular flexibility index (Phi) is 25.8. The summed E-state index contributed by atoms with van der Waals surface area (Å²) in [5, 5.41) is 6.16. The van der Waals surface area contributed by atoms with Crippen molar-refractivity contribution in [2.75, 3.05) is 0 Å². The largest absolute Gasteiger partial charge is 2.00 e. The van der Waals surface area contributed by atoms with Crippen molar-refractivity contribution < 1.29 is 72.3 Å². The van der Waals surface area contributed by atoms with E-state index in [-0.39, 0.29) is 119 Å². The van der Waals surface area contributed by atoms with Gasteiger partial charge >= 0.3 is 128 Å². The molecular weight excluding hydrogens is 582 g/mol. The van der Waals surface area contributed by atoms with Gasteiger partial charge in [0.25, 0.3) is 5.08 Å². The van der Waals surface area contributed by atoms with Crippen molar-refractivity contribution in [3.8, 4) is 0 Å². The number of nitrogens with zero attached hydrogens (tertiary/aromatic N) is 1. The molecule has 0 saturated carbocycles. The summed E-state index contributed by atoms with van der Waals surface area (Å²) in [4.78, 5) is 90.4. The Hall–Kier alpha value is 3.41. The van der Waals surface area contributed by atoms with Gasteiger partial charge in [0.2, 0.25) is 0 Å². The average molecular weight is 593 g/mol. The summed E-state index contributed by atoms with van der Waals surface area (Å²) in [6.07, 6.45) is 1.63. The van der Waals surface area contributed by atoms with Crippen LogP contribution in [0, 0.1) is 0 Å². The van der Waals surface area contributed by atoms with Crippen LogP contribution in [0.3, 0.4) is 0 Å². The Labute approximate surface area is 259 Å². The second kappa shape index (κ2) is 17.8. The Morgan fingerprint density at radius 3 is 1.30 bits per heavy atom. The molecule has 0 fully saturated rings. The van der Waals surface area contributed by atoms with Crippen molar-refractivity contribution in [1.29, 1.82) is 0 Å². The quantitative estimate of drug-likeness (QED) is 0.160. The molecule has 160 valence electrons. The molecule has 0 radical (unpaired) electrons. The molecule has 30 heavy (non-hydrogen) atoms. The third-order valence-electron chi connectivity index (χ3n) is 2.10. The molecule has 16 nitrogen and oxygen atoms in total. The van der Waals surface area contributed by atoms with E-state index >= 15 is 0 Å². The first kappa shape index (κ1) is 43.5. The fourth-order valence-electron chi connectivity index (χ4n) is 1.15. The molecule has 0 atom stereocenters. The van der Waals surface area contributed by atoms with Gasteiger partial charge in [-0.05, 0) is 11.6 Å². The maximum absolute atomic E-state index is 11.0. The predicted molar refractivity (Wildman–Crippen MR) is 89.5 cm³/mol. The molecule has 0 bridgehead atoms. The molecule has 0 amide bonds. The second-order valence-corrected chi connectivity index (χ2v) is 10.1. The van der Waals surface area contributed by atoms with E-state index in [1.807, 2.05) is 0 Å². The van der Waals surface area contributed by atoms with Gasteiger partial charge in [0.1, 0.15) is 0 Å². The zero-order chi connectivity index (χ0) is 22.3. The molecule has 5 N–H and O–H groups in total. The normalized spacial score (nSPS) is 11.7. The molecule has 0 aromatic carbocycles. The molecule has 0 saturated heterocycles. The first-order valence-corrected chi connectivity index (χ1v) is 11.9. The Bertz CT molecular complexity index is 713. The van der Waals surface area contributed by atoms with Crippen molar-refractivity contribution in [1.82, 2.24) is 4.98 Å². The number of pyridine rings is 1. The molecule has 0 unspecified atom stereocenters. The number of aliphatic hydroxyl groups is 1. The maximum atomic E-state index is 11.0. The van der Waals surface area contributed by atoms with Gasteiger partial charge < -0.3 is 63.2 Å². The van der Waals surface area contributed by atoms with Crippen LogP contribution >= 0.6 is 30.8 Å².